The first-order chi connectivity index (χ1) is 9.54. The molecule has 0 amide bonds. The Hall–Kier alpha value is -0.540. The molecule has 0 spiro atoms. The molecule has 4 nitrogen and oxygen atoms in total. The molecule has 1 fully saturated rings. The minimum atomic E-state index is -2.06. The van der Waals surface area contributed by atoms with Crippen molar-refractivity contribution in [2.75, 3.05) is 7.05 Å². The van der Waals surface area contributed by atoms with E-state index in [-0.39, 0.29) is 0 Å². The first-order valence-corrected chi connectivity index (χ1v) is 8.82. The first kappa shape index (κ1) is 17.5. The maximum absolute atomic E-state index is 12.7. The second kappa shape index (κ2) is 9.41. The van der Waals surface area contributed by atoms with E-state index in [9.17, 15) is 8.99 Å². The zero-order valence-electron chi connectivity index (χ0n) is 12.5. The lowest BCUT2D eigenvalue weighted by Crippen LogP contribution is -2.17. The molecular weight excluding hydrogens is 276 g/mol. The number of carbonyl (C=O) groups excluding carboxylic acids is 1. The van der Waals surface area contributed by atoms with Crippen LogP contribution in [0.25, 0.3) is 0 Å². The van der Waals surface area contributed by atoms with Crippen LogP contribution in [0.4, 0.5) is 4.20 Å². The Morgan fingerprint density at radius 3 is 2.50 bits per heavy atom. The summed E-state index contributed by atoms with van der Waals surface area (Å²) >= 11 is 0. The van der Waals surface area contributed by atoms with Gasteiger partial charge >= 0.3 is 0 Å². The fourth-order valence-electron chi connectivity index (χ4n) is 2.57. The van der Waals surface area contributed by atoms with Crippen molar-refractivity contribution in [1.29, 1.82) is 0 Å². The van der Waals surface area contributed by atoms with Crippen molar-refractivity contribution in [3.8, 4) is 0 Å². The molecule has 0 bridgehead atoms. The molecule has 1 aliphatic carbocycles. The van der Waals surface area contributed by atoms with Gasteiger partial charge in [0.15, 0.2) is 8.38 Å². The lowest BCUT2D eigenvalue weighted by molar-refractivity contribution is -0.107. The molecule has 20 heavy (non-hydrogen) atoms. The Bertz CT molecular complexity index is 309. The van der Waals surface area contributed by atoms with Gasteiger partial charge in [-0.05, 0) is 19.3 Å². The molecule has 116 valence electrons. The highest BCUT2D eigenvalue weighted by atomic mass is 31.2. The lowest BCUT2D eigenvalue weighted by Gasteiger charge is -2.23. The molecule has 3 atom stereocenters. The molecule has 2 N–H and O–H groups in total. The van der Waals surface area contributed by atoms with E-state index < -0.39 is 14.0 Å². The first-order valence-electron chi connectivity index (χ1n) is 7.44. The third-order valence-corrected chi connectivity index (χ3v) is 5.09. The van der Waals surface area contributed by atoms with Crippen molar-refractivity contribution in [3.05, 3.63) is 0 Å². The zero-order chi connectivity index (χ0) is 15.0. The van der Waals surface area contributed by atoms with Gasteiger partial charge in [-0.3, -0.25) is 10.5 Å². The fourth-order valence-corrected chi connectivity index (χ4v) is 3.19. The van der Waals surface area contributed by atoms with Gasteiger partial charge in [0.2, 0.25) is 0 Å². The van der Waals surface area contributed by atoms with Gasteiger partial charge in [-0.15, -0.1) is 0 Å². The van der Waals surface area contributed by atoms with E-state index in [4.69, 9.17) is 5.50 Å². The Balaban J connectivity index is 0.000000240. The van der Waals surface area contributed by atoms with Crippen LogP contribution in [-0.4, -0.2) is 36.3 Å². The van der Waals surface area contributed by atoms with Crippen LogP contribution in [-0.2, 0) is 4.79 Å². The van der Waals surface area contributed by atoms with Gasteiger partial charge in [0.1, 0.15) is 6.29 Å². The Morgan fingerprint density at radius 2 is 2.15 bits per heavy atom. The second-order valence-electron chi connectivity index (χ2n) is 5.74. The van der Waals surface area contributed by atoms with Crippen molar-refractivity contribution in [2.45, 2.75) is 63.6 Å². The van der Waals surface area contributed by atoms with E-state index in [1.807, 2.05) is 18.3 Å². The molecule has 0 radical (unpaired) electrons. The number of aldehydes is 1. The molecule has 2 unspecified atom stereocenters. The average Bonchev–Trinajstić information content (AvgIpc) is 2.82. The van der Waals surface area contributed by atoms with Crippen LogP contribution in [0.1, 0.15) is 51.9 Å². The van der Waals surface area contributed by atoms with Crippen LogP contribution in [0.2, 0.25) is 0 Å². The van der Waals surface area contributed by atoms with Crippen molar-refractivity contribution in [1.82, 2.24) is 5.01 Å². The summed E-state index contributed by atoms with van der Waals surface area (Å²) in [5.74, 6) is 0.535. The van der Waals surface area contributed by atoms with Gasteiger partial charge in [0.05, 0.1) is 5.66 Å². The highest BCUT2D eigenvalue weighted by molar-refractivity contribution is 7.51. The van der Waals surface area contributed by atoms with Crippen molar-refractivity contribution >= 4 is 20.9 Å². The molecule has 1 aliphatic heterocycles. The Morgan fingerprint density at radius 1 is 1.50 bits per heavy atom. The topological polar surface area (TPSA) is 58.7 Å². The molecular formula is C14H27FN3OP. The molecule has 2 rings (SSSR count). The van der Waals surface area contributed by atoms with Crippen LogP contribution in [0.5, 0.6) is 0 Å². The highest BCUT2D eigenvalue weighted by Crippen LogP contribution is 2.39. The van der Waals surface area contributed by atoms with E-state index in [2.05, 4.69) is 12.0 Å². The number of halogens is 1. The van der Waals surface area contributed by atoms with Crippen molar-refractivity contribution < 1.29 is 8.99 Å². The van der Waals surface area contributed by atoms with Crippen molar-refractivity contribution in [2.24, 2.45) is 16.5 Å². The Kier molecular flexibility index (Phi) is 8.24. The number of hydrogen-bond acceptors (Lipinski definition) is 4. The van der Waals surface area contributed by atoms with E-state index >= 15 is 0 Å². The predicted octanol–water partition coefficient (Wildman–Crippen LogP) is 3.46. The van der Waals surface area contributed by atoms with Gasteiger partial charge in [-0.2, -0.15) is 5.10 Å². The molecule has 1 heterocycles. The standard InChI is InChI=1S/C9H17FNOP.C5H10N2/c10-13(11)9(7-12)6-8-4-2-1-3-5-8;1-5-3-4-6-7(5)2/h7-9H,1-6,11H2;4-5H,3H2,1-2H3/t9-,13?;/m0./s1. The summed E-state index contributed by atoms with van der Waals surface area (Å²) < 4.78 is 12.7. The number of nitrogens with zero attached hydrogens (tertiary/aromatic N) is 2. The van der Waals surface area contributed by atoms with Gasteiger partial charge in [0.25, 0.3) is 0 Å². The van der Waals surface area contributed by atoms with E-state index in [1.54, 1.807) is 0 Å². The summed E-state index contributed by atoms with van der Waals surface area (Å²) in [5, 5.41) is 6.00. The van der Waals surface area contributed by atoms with Gasteiger partial charge in [0, 0.05) is 25.7 Å². The van der Waals surface area contributed by atoms with E-state index in [1.165, 1.54) is 19.3 Å². The lowest BCUT2D eigenvalue weighted by atomic mass is 9.86. The number of carbonyl (C=O) groups is 1. The number of rotatable bonds is 4. The van der Waals surface area contributed by atoms with E-state index in [0.717, 1.165) is 19.3 Å². The summed E-state index contributed by atoms with van der Waals surface area (Å²) in [6.07, 6.45) is 10.5. The third kappa shape index (κ3) is 6.27. The van der Waals surface area contributed by atoms with Crippen LogP contribution >= 0.6 is 8.38 Å². The van der Waals surface area contributed by atoms with Gasteiger partial charge in [-0.1, -0.05) is 32.1 Å². The normalized spacial score (nSPS) is 25.8. The minimum absolute atomic E-state index is 0.516. The number of hydrazone groups is 1. The average molecular weight is 303 g/mol. The quantitative estimate of drug-likeness (QED) is 0.639. The molecule has 0 aromatic rings. The van der Waals surface area contributed by atoms with Crippen LogP contribution in [0.15, 0.2) is 5.10 Å². The maximum Gasteiger partial charge on any atom is 0.161 e. The van der Waals surface area contributed by atoms with Gasteiger partial charge in [-0.25, -0.2) is 4.20 Å². The van der Waals surface area contributed by atoms with Gasteiger partial charge < -0.3 is 4.79 Å². The summed E-state index contributed by atoms with van der Waals surface area (Å²) in [6, 6.07) is 0.625. The second-order valence-corrected chi connectivity index (χ2v) is 7.10. The summed E-state index contributed by atoms with van der Waals surface area (Å²) in [7, 11) is -0.0627. The molecule has 0 saturated heterocycles. The maximum atomic E-state index is 12.7. The Labute approximate surface area is 122 Å². The summed E-state index contributed by atoms with van der Waals surface area (Å²) in [6.45, 7) is 2.16. The molecule has 0 aromatic heterocycles. The minimum Gasteiger partial charge on any atom is -0.303 e. The summed E-state index contributed by atoms with van der Waals surface area (Å²) in [5.41, 5.74) is 4.62. The molecule has 0 aromatic carbocycles. The van der Waals surface area contributed by atoms with Crippen LogP contribution < -0.4 is 5.50 Å². The zero-order valence-corrected chi connectivity index (χ0v) is 13.4. The third-order valence-electron chi connectivity index (χ3n) is 4.12. The van der Waals surface area contributed by atoms with E-state index in [0.29, 0.717) is 24.7 Å². The monoisotopic (exact) mass is 303 g/mol. The van der Waals surface area contributed by atoms with Crippen molar-refractivity contribution in [3.63, 3.8) is 0 Å². The molecule has 1 saturated carbocycles. The number of hydrogen-bond donors (Lipinski definition) is 1. The molecule has 6 heteroatoms. The molecule has 2 aliphatic rings. The van der Waals surface area contributed by atoms with Crippen LogP contribution in [0, 0.1) is 5.92 Å². The van der Waals surface area contributed by atoms with Crippen LogP contribution in [0.3, 0.4) is 0 Å². The number of nitrogens with two attached hydrogens (primary N) is 1. The smallest absolute Gasteiger partial charge is 0.161 e. The summed E-state index contributed by atoms with van der Waals surface area (Å²) in [4.78, 5) is 10.5. The predicted molar refractivity (Wildman–Crippen MR) is 83.6 cm³/mol. The SMILES string of the molecule is CC1CC=NN1C.NP(F)[C@H](C=O)CC1CCCCC1. The fraction of sp³-hybridized carbons (Fsp3) is 0.857. The highest BCUT2D eigenvalue weighted by Gasteiger charge is 2.23. The largest absolute Gasteiger partial charge is 0.303 e.